The first kappa shape index (κ1) is 14.0. The van der Waals surface area contributed by atoms with Crippen LogP contribution in [0.3, 0.4) is 0 Å². The van der Waals surface area contributed by atoms with E-state index in [9.17, 15) is 4.39 Å². The Bertz CT molecular complexity index is 486. The normalized spacial score (nSPS) is 18.4. The van der Waals surface area contributed by atoms with E-state index in [1.165, 1.54) is 25.3 Å². The first-order valence-electron chi connectivity index (χ1n) is 7.04. The number of halogens is 1. The van der Waals surface area contributed by atoms with Crippen LogP contribution >= 0.6 is 0 Å². The largest absolute Gasteiger partial charge is 0.298 e. The van der Waals surface area contributed by atoms with Crippen LogP contribution in [-0.2, 0) is 6.54 Å². The van der Waals surface area contributed by atoms with E-state index in [2.05, 4.69) is 18.7 Å². The molecule has 0 aromatic heterocycles. The number of rotatable bonds is 4. The first-order valence-corrected chi connectivity index (χ1v) is 7.04. The molecule has 0 aliphatic carbocycles. The van der Waals surface area contributed by atoms with E-state index < -0.39 is 0 Å². The third kappa shape index (κ3) is 2.79. The minimum Gasteiger partial charge on any atom is -0.298 e. The highest BCUT2D eigenvalue weighted by atomic mass is 19.1. The van der Waals surface area contributed by atoms with Crippen molar-refractivity contribution < 1.29 is 4.39 Å². The highest BCUT2D eigenvalue weighted by Gasteiger charge is 2.34. The van der Waals surface area contributed by atoms with Crippen molar-refractivity contribution in [3.63, 3.8) is 0 Å². The molecule has 1 fully saturated rings. The lowest BCUT2D eigenvalue weighted by molar-refractivity contribution is 0.234. The van der Waals surface area contributed by atoms with Gasteiger partial charge in [0.2, 0.25) is 0 Å². The molecule has 0 unspecified atom stereocenters. The Morgan fingerprint density at radius 1 is 1.37 bits per heavy atom. The van der Waals surface area contributed by atoms with Gasteiger partial charge in [-0.2, -0.15) is 5.26 Å². The van der Waals surface area contributed by atoms with Crippen molar-refractivity contribution in [1.82, 2.24) is 4.90 Å². The van der Waals surface area contributed by atoms with E-state index in [1.54, 1.807) is 12.1 Å². The number of likely N-dealkylation sites (tertiary alicyclic amines) is 1. The third-order valence-electron chi connectivity index (χ3n) is 4.61. The molecule has 0 radical (unpaired) electrons. The minimum atomic E-state index is -0.351. The van der Waals surface area contributed by atoms with Crippen molar-refractivity contribution >= 4 is 0 Å². The summed E-state index contributed by atoms with van der Waals surface area (Å²) < 4.78 is 14.0. The average molecular weight is 260 g/mol. The Morgan fingerprint density at radius 3 is 2.68 bits per heavy atom. The summed E-state index contributed by atoms with van der Waals surface area (Å²) >= 11 is 0. The van der Waals surface area contributed by atoms with Gasteiger partial charge in [-0.1, -0.05) is 26.0 Å². The van der Waals surface area contributed by atoms with Crippen molar-refractivity contribution in [2.75, 3.05) is 13.1 Å². The van der Waals surface area contributed by atoms with Crippen LogP contribution in [-0.4, -0.2) is 18.0 Å². The average Bonchev–Trinajstić information content (AvgIpc) is 2.85. The van der Waals surface area contributed by atoms with E-state index in [4.69, 9.17) is 5.26 Å². The summed E-state index contributed by atoms with van der Waals surface area (Å²) in [7, 11) is 0. The molecular weight excluding hydrogens is 239 g/mol. The summed E-state index contributed by atoms with van der Waals surface area (Å²) in [6, 6.07) is 6.99. The van der Waals surface area contributed by atoms with Gasteiger partial charge in [0.05, 0.1) is 5.56 Å². The molecule has 1 aromatic carbocycles. The molecule has 1 saturated heterocycles. The molecular formula is C16H21FN2. The van der Waals surface area contributed by atoms with Crippen LogP contribution in [0.4, 0.5) is 4.39 Å². The summed E-state index contributed by atoms with van der Waals surface area (Å²) in [5.74, 6) is -0.351. The Hall–Kier alpha value is -1.40. The van der Waals surface area contributed by atoms with Gasteiger partial charge >= 0.3 is 0 Å². The Kier molecular flexibility index (Phi) is 4.21. The molecule has 0 bridgehead atoms. The van der Waals surface area contributed by atoms with Gasteiger partial charge in [-0.05, 0) is 37.3 Å². The van der Waals surface area contributed by atoms with Gasteiger partial charge in [0, 0.05) is 18.7 Å². The smallest absolute Gasteiger partial charge is 0.145 e. The maximum atomic E-state index is 14.0. The van der Waals surface area contributed by atoms with Gasteiger partial charge in [0.1, 0.15) is 11.9 Å². The molecule has 1 aliphatic rings. The fourth-order valence-corrected chi connectivity index (χ4v) is 3.02. The third-order valence-corrected chi connectivity index (χ3v) is 4.61. The zero-order chi connectivity index (χ0) is 13.9. The molecule has 1 aromatic rings. The van der Waals surface area contributed by atoms with Gasteiger partial charge in [0.15, 0.2) is 0 Å². The van der Waals surface area contributed by atoms with Crippen molar-refractivity contribution in [3.05, 3.63) is 35.1 Å². The maximum Gasteiger partial charge on any atom is 0.145 e. The Labute approximate surface area is 114 Å². The molecule has 0 amide bonds. The van der Waals surface area contributed by atoms with Crippen LogP contribution in [0.25, 0.3) is 0 Å². The monoisotopic (exact) mass is 260 g/mol. The van der Waals surface area contributed by atoms with Crippen LogP contribution < -0.4 is 0 Å². The predicted octanol–water partition coefficient (Wildman–Crippen LogP) is 3.71. The van der Waals surface area contributed by atoms with Crippen LogP contribution in [0, 0.1) is 22.6 Å². The molecule has 0 atom stereocenters. The van der Waals surface area contributed by atoms with Crippen molar-refractivity contribution in [2.24, 2.45) is 5.41 Å². The summed E-state index contributed by atoms with van der Waals surface area (Å²) in [5, 5.41) is 8.86. The first-order chi connectivity index (χ1) is 9.14. The molecule has 0 saturated carbocycles. The molecule has 0 N–H and O–H groups in total. The van der Waals surface area contributed by atoms with E-state index in [0.29, 0.717) is 17.5 Å². The van der Waals surface area contributed by atoms with Crippen LogP contribution in [0.1, 0.15) is 44.2 Å². The lowest BCUT2D eigenvalue weighted by Crippen LogP contribution is -2.26. The molecule has 19 heavy (non-hydrogen) atoms. The van der Waals surface area contributed by atoms with Gasteiger partial charge in [-0.3, -0.25) is 4.90 Å². The fourth-order valence-electron chi connectivity index (χ4n) is 3.02. The topological polar surface area (TPSA) is 27.0 Å². The fraction of sp³-hybridized carbons (Fsp3) is 0.562. The molecule has 1 heterocycles. The Balaban J connectivity index is 2.10. The van der Waals surface area contributed by atoms with Gasteiger partial charge in [0.25, 0.3) is 0 Å². The van der Waals surface area contributed by atoms with E-state index in [0.717, 1.165) is 13.1 Å². The highest BCUT2D eigenvalue weighted by molar-refractivity contribution is 5.34. The van der Waals surface area contributed by atoms with E-state index in [1.807, 2.05) is 6.07 Å². The predicted molar refractivity (Wildman–Crippen MR) is 74.0 cm³/mol. The minimum absolute atomic E-state index is 0.147. The highest BCUT2D eigenvalue weighted by Crippen LogP contribution is 2.37. The summed E-state index contributed by atoms with van der Waals surface area (Å²) in [6.07, 6.45) is 3.56. The molecule has 3 heteroatoms. The maximum absolute atomic E-state index is 14.0. The zero-order valence-corrected chi connectivity index (χ0v) is 11.7. The second kappa shape index (κ2) is 5.71. The quantitative estimate of drug-likeness (QED) is 0.825. The van der Waals surface area contributed by atoms with Gasteiger partial charge < -0.3 is 0 Å². The van der Waals surface area contributed by atoms with Crippen molar-refractivity contribution in [3.8, 4) is 6.07 Å². The molecule has 2 rings (SSSR count). The Morgan fingerprint density at radius 2 is 2.11 bits per heavy atom. The number of hydrogen-bond donors (Lipinski definition) is 0. The lowest BCUT2D eigenvalue weighted by Gasteiger charge is -2.26. The van der Waals surface area contributed by atoms with E-state index >= 15 is 0 Å². The molecule has 1 aliphatic heterocycles. The summed E-state index contributed by atoms with van der Waals surface area (Å²) in [6.45, 7) is 7.16. The SMILES string of the molecule is CCC1(CC)CCN(Cc2cccc(C#N)c2F)C1. The number of benzene rings is 1. The van der Waals surface area contributed by atoms with Crippen LogP contribution in [0.5, 0.6) is 0 Å². The standard InChI is InChI=1S/C16H21FN2/c1-3-16(4-2)8-9-19(12-16)11-14-7-5-6-13(10-18)15(14)17/h5-7H,3-4,8-9,11-12H2,1-2H3. The van der Waals surface area contributed by atoms with Gasteiger partial charge in [-0.25, -0.2) is 4.39 Å². The molecule has 102 valence electrons. The van der Waals surface area contributed by atoms with Crippen molar-refractivity contribution in [1.29, 1.82) is 5.26 Å². The lowest BCUT2D eigenvalue weighted by atomic mass is 9.82. The summed E-state index contributed by atoms with van der Waals surface area (Å²) in [5.41, 5.74) is 1.19. The van der Waals surface area contributed by atoms with Crippen LogP contribution in [0.2, 0.25) is 0 Å². The van der Waals surface area contributed by atoms with Gasteiger partial charge in [-0.15, -0.1) is 0 Å². The second-order valence-corrected chi connectivity index (χ2v) is 5.56. The van der Waals surface area contributed by atoms with E-state index in [-0.39, 0.29) is 11.4 Å². The molecule has 0 spiro atoms. The summed E-state index contributed by atoms with van der Waals surface area (Å²) in [4.78, 5) is 2.31. The van der Waals surface area contributed by atoms with Crippen LogP contribution in [0.15, 0.2) is 18.2 Å². The number of nitrogens with zero attached hydrogens (tertiary/aromatic N) is 2. The number of nitriles is 1. The van der Waals surface area contributed by atoms with Crippen molar-refractivity contribution in [2.45, 2.75) is 39.7 Å². The second-order valence-electron chi connectivity index (χ2n) is 5.56. The number of hydrogen-bond acceptors (Lipinski definition) is 2. The molecule has 2 nitrogen and oxygen atoms in total. The zero-order valence-electron chi connectivity index (χ0n) is 11.7.